The summed E-state index contributed by atoms with van der Waals surface area (Å²) in [7, 11) is 0. The number of aromatic nitrogens is 2. The Morgan fingerprint density at radius 3 is 2.52 bits per heavy atom. The van der Waals surface area contributed by atoms with E-state index in [0.717, 1.165) is 43.4 Å². The van der Waals surface area contributed by atoms with Crippen LogP contribution in [0.4, 0.5) is 0 Å². The number of hydrogen-bond donors (Lipinski definition) is 0. The lowest BCUT2D eigenvalue weighted by Gasteiger charge is -2.33. The molecule has 1 saturated carbocycles. The number of carbonyl (C=O) groups excluding carboxylic acids is 1. The van der Waals surface area contributed by atoms with Crippen molar-refractivity contribution in [2.45, 2.75) is 58.0 Å². The molecule has 31 heavy (non-hydrogen) atoms. The SMILES string of the molecule is CCCOc1ccc(C(=O)N(Cc2nc(-c3ccccc3)no2)C2CCCCC2)cc1. The summed E-state index contributed by atoms with van der Waals surface area (Å²) in [4.78, 5) is 19.9. The molecule has 3 aromatic rings. The van der Waals surface area contributed by atoms with Crippen LogP contribution in [0.25, 0.3) is 11.4 Å². The largest absolute Gasteiger partial charge is 0.494 e. The van der Waals surface area contributed by atoms with Crippen LogP contribution in [0.15, 0.2) is 59.1 Å². The third-order valence-corrected chi connectivity index (χ3v) is 5.66. The molecule has 162 valence electrons. The molecule has 1 heterocycles. The Morgan fingerprint density at radius 2 is 1.81 bits per heavy atom. The molecule has 0 saturated heterocycles. The van der Waals surface area contributed by atoms with Crippen LogP contribution in [0.2, 0.25) is 0 Å². The van der Waals surface area contributed by atoms with Crippen molar-refractivity contribution in [3.8, 4) is 17.1 Å². The highest BCUT2D eigenvalue weighted by Gasteiger charge is 2.28. The van der Waals surface area contributed by atoms with E-state index in [4.69, 9.17) is 9.26 Å². The number of amides is 1. The summed E-state index contributed by atoms with van der Waals surface area (Å²) < 4.78 is 11.2. The summed E-state index contributed by atoms with van der Waals surface area (Å²) in [6.45, 7) is 3.06. The van der Waals surface area contributed by atoms with Crippen LogP contribution >= 0.6 is 0 Å². The zero-order valence-corrected chi connectivity index (χ0v) is 18.0. The summed E-state index contributed by atoms with van der Waals surface area (Å²) in [5, 5.41) is 4.12. The fourth-order valence-electron chi connectivity index (χ4n) is 4.01. The Bertz CT molecular complexity index is 963. The van der Waals surface area contributed by atoms with Crippen molar-refractivity contribution >= 4 is 5.91 Å². The molecule has 0 spiro atoms. The predicted molar refractivity (Wildman–Crippen MR) is 119 cm³/mol. The molecule has 4 rings (SSSR count). The van der Waals surface area contributed by atoms with Crippen molar-refractivity contribution in [2.24, 2.45) is 0 Å². The summed E-state index contributed by atoms with van der Waals surface area (Å²) >= 11 is 0. The zero-order valence-electron chi connectivity index (χ0n) is 18.0. The molecule has 2 aromatic carbocycles. The molecule has 1 aliphatic carbocycles. The smallest absolute Gasteiger partial charge is 0.254 e. The van der Waals surface area contributed by atoms with Crippen LogP contribution in [0.5, 0.6) is 5.75 Å². The van der Waals surface area contributed by atoms with Crippen molar-refractivity contribution < 1.29 is 14.1 Å². The molecule has 6 heteroatoms. The van der Waals surface area contributed by atoms with Gasteiger partial charge in [-0.05, 0) is 43.5 Å². The second-order valence-electron chi connectivity index (χ2n) is 7.98. The number of ether oxygens (including phenoxy) is 1. The van der Waals surface area contributed by atoms with Gasteiger partial charge in [-0.3, -0.25) is 4.79 Å². The monoisotopic (exact) mass is 419 g/mol. The summed E-state index contributed by atoms with van der Waals surface area (Å²) in [5.74, 6) is 1.78. The topological polar surface area (TPSA) is 68.5 Å². The molecule has 0 aliphatic heterocycles. The minimum Gasteiger partial charge on any atom is -0.494 e. The summed E-state index contributed by atoms with van der Waals surface area (Å²) in [6.07, 6.45) is 6.45. The average Bonchev–Trinajstić information content (AvgIpc) is 3.31. The van der Waals surface area contributed by atoms with E-state index in [1.165, 1.54) is 6.42 Å². The van der Waals surface area contributed by atoms with E-state index < -0.39 is 0 Å². The van der Waals surface area contributed by atoms with Crippen LogP contribution in [0, 0.1) is 0 Å². The van der Waals surface area contributed by atoms with Gasteiger partial charge in [0.1, 0.15) is 12.3 Å². The standard InChI is InChI=1S/C25H29N3O3/c1-2-17-30-22-15-13-20(14-16-22)25(29)28(21-11-7-4-8-12-21)18-23-26-24(27-31-23)19-9-5-3-6-10-19/h3,5-6,9-10,13-16,21H,2,4,7-8,11-12,17-18H2,1H3. The highest BCUT2D eigenvalue weighted by molar-refractivity contribution is 5.94. The number of rotatable bonds is 8. The maximum atomic E-state index is 13.4. The average molecular weight is 420 g/mol. The van der Waals surface area contributed by atoms with Gasteiger partial charge in [-0.25, -0.2) is 0 Å². The number of benzene rings is 2. The summed E-state index contributed by atoms with van der Waals surface area (Å²) in [5.41, 5.74) is 1.55. The van der Waals surface area contributed by atoms with Gasteiger partial charge in [0.2, 0.25) is 11.7 Å². The van der Waals surface area contributed by atoms with Crippen LogP contribution < -0.4 is 4.74 Å². The van der Waals surface area contributed by atoms with Gasteiger partial charge in [0.05, 0.1) is 6.61 Å². The second kappa shape index (κ2) is 10.2. The van der Waals surface area contributed by atoms with E-state index in [-0.39, 0.29) is 11.9 Å². The quantitative estimate of drug-likeness (QED) is 0.482. The van der Waals surface area contributed by atoms with Gasteiger partial charge in [-0.15, -0.1) is 0 Å². The maximum absolute atomic E-state index is 13.4. The minimum absolute atomic E-state index is 0.00611. The van der Waals surface area contributed by atoms with Gasteiger partial charge in [0.15, 0.2) is 0 Å². The third kappa shape index (κ3) is 5.32. The van der Waals surface area contributed by atoms with Gasteiger partial charge in [-0.2, -0.15) is 4.98 Å². The van der Waals surface area contributed by atoms with Gasteiger partial charge in [0, 0.05) is 17.2 Å². The molecule has 0 unspecified atom stereocenters. The van der Waals surface area contributed by atoms with E-state index in [1.54, 1.807) is 0 Å². The Balaban J connectivity index is 1.53. The molecule has 1 aliphatic rings. The van der Waals surface area contributed by atoms with Gasteiger partial charge in [-0.1, -0.05) is 61.7 Å². The Kier molecular flexibility index (Phi) is 6.97. The predicted octanol–water partition coefficient (Wildman–Crippen LogP) is 5.50. The minimum atomic E-state index is -0.00611. The number of hydrogen-bond acceptors (Lipinski definition) is 5. The molecule has 1 amide bonds. The van der Waals surface area contributed by atoms with E-state index in [2.05, 4.69) is 17.1 Å². The highest BCUT2D eigenvalue weighted by Crippen LogP contribution is 2.26. The fourth-order valence-corrected chi connectivity index (χ4v) is 4.01. The van der Waals surface area contributed by atoms with E-state index in [0.29, 0.717) is 30.4 Å². The van der Waals surface area contributed by atoms with Crippen molar-refractivity contribution in [1.29, 1.82) is 0 Å². The summed E-state index contributed by atoms with van der Waals surface area (Å²) in [6, 6.07) is 17.3. The van der Waals surface area contributed by atoms with Crippen LogP contribution in [0.1, 0.15) is 61.7 Å². The molecule has 0 atom stereocenters. The van der Waals surface area contributed by atoms with Crippen LogP contribution in [-0.4, -0.2) is 33.6 Å². The lowest BCUT2D eigenvalue weighted by atomic mass is 9.93. The van der Waals surface area contributed by atoms with Crippen molar-refractivity contribution in [2.75, 3.05) is 6.61 Å². The first-order valence-electron chi connectivity index (χ1n) is 11.2. The highest BCUT2D eigenvalue weighted by atomic mass is 16.5. The van der Waals surface area contributed by atoms with Crippen LogP contribution in [-0.2, 0) is 6.54 Å². The van der Waals surface area contributed by atoms with E-state index in [1.807, 2.05) is 59.5 Å². The van der Waals surface area contributed by atoms with Gasteiger partial charge >= 0.3 is 0 Å². The molecular weight excluding hydrogens is 390 g/mol. The van der Waals surface area contributed by atoms with E-state index >= 15 is 0 Å². The molecule has 1 fully saturated rings. The first-order chi connectivity index (χ1) is 15.2. The Hall–Kier alpha value is -3.15. The Labute approximate surface area is 183 Å². The molecule has 6 nitrogen and oxygen atoms in total. The van der Waals surface area contributed by atoms with Crippen molar-refractivity contribution in [1.82, 2.24) is 15.0 Å². The van der Waals surface area contributed by atoms with E-state index in [9.17, 15) is 4.79 Å². The van der Waals surface area contributed by atoms with Crippen molar-refractivity contribution in [3.63, 3.8) is 0 Å². The molecule has 0 N–H and O–H groups in total. The number of carbonyl (C=O) groups is 1. The first kappa shape index (κ1) is 21.1. The fraction of sp³-hybridized carbons (Fsp3) is 0.400. The molecule has 1 aromatic heterocycles. The third-order valence-electron chi connectivity index (χ3n) is 5.66. The molecule has 0 bridgehead atoms. The van der Waals surface area contributed by atoms with Crippen molar-refractivity contribution in [3.05, 3.63) is 66.1 Å². The number of nitrogens with zero attached hydrogens (tertiary/aromatic N) is 3. The lowest BCUT2D eigenvalue weighted by Crippen LogP contribution is -2.41. The van der Waals surface area contributed by atoms with Crippen LogP contribution in [0.3, 0.4) is 0 Å². The first-order valence-corrected chi connectivity index (χ1v) is 11.2. The maximum Gasteiger partial charge on any atom is 0.254 e. The van der Waals surface area contributed by atoms with Gasteiger partial charge in [0.25, 0.3) is 5.91 Å². The lowest BCUT2D eigenvalue weighted by molar-refractivity contribution is 0.0586. The second-order valence-corrected chi connectivity index (χ2v) is 7.98. The molecule has 0 radical (unpaired) electrons. The normalized spacial score (nSPS) is 14.4. The van der Waals surface area contributed by atoms with Gasteiger partial charge < -0.3 is 14.2 Å². The Morgan fingerprint density at radius 1 is 1.06 bits per heavy atom. The molecular formula is C25H29N3O3. The zero-order chi connectivity index (χ0) is 21.5.